The van der Waals surface area contributed by atoms with Gasteiger partial charge in [0.1, 0.15) is 0 Å². The highest BCUT2D eigenvalue weighted by Gasteiger charge is 2.06. The molecular formula is C9H21NO5S. The fourth-order valence-corrected chi connectivity index (χ4v) is 1.16. The Morgan fingerprint density at radius 2 is 1.50 bits per heavy atom. The summed E-state index contributed by atoms with van der Waals surface area (Å²) in [6.45, 7) is 4.51. The summed E-state index contributed by atoms with van der Waals surface area (Å²) in [5, 5.41) is 0. The molecule has 0 atom stereocenters. The molecule has 1 amide bonds. The standard InChI is InChI=1S/C8H18.CH3NO5S/c1-3-5-7-8-6-4-2;2-1(3)7-8(4,5)6/h3-8H2,1-2H3;(H2,2,3)(H,4,5,6). The van der Waals surface area contributed by atoms with E-state index in [1.165, 1.54) is 38.5 Å². The van der Waals surface area contributed by atoms with E-state index >= 15 is 0 Å². The van der Waals surface area contributed by atoms with Crippen LogP contribution in [-0.4, -0.2) is 19.1 Å². The van der Waals surface area contributed by atoms with Crippen LogP contribution in [-0.2, 0) is 14.6 Å². The summed E-state index contributed by atoms with van der Waals surface area (Å²) in [5.41, 5.74) is 4.18. The van der Waals surface area contributed by atoms with Gasteiger partial charge in [0.2, 0.25) is 0 Å². The lowest BCUT2D eigenvalue weighted by Crippen LogP contribution is -2.17. The van der Waals surface area contributed by atoms with Crippen molar-refractivity contribution in [2.75, 3.05) is 0 Å². The molecule has 3 N–H and O–H groups in total. The first-order valence-electron chi connectivity index (χ1n) is 5.29. The van der Waals surface area contributed by atoms with Gasteiger partial charge in [-0.05, 0) is 0 Å². The zero-order chi connectivity index (χ0) is 13.0. The largest absolute Gasteiger partial charge is 0.450 e. The Morgan fingerprint density at radius 3 is 1.62 bits per heavy atom. The molecule has 0 aliphatic rings. The summed E-state index contributed by atoms with van der Waals surface area (Å²) in [6, 6.07) is 0. The van der Waals surface area contributed by atoms with E-state index in [1.807, 2.05) is 0 Å². The Labute approximate surface area is 97.1 Å². The minimum Gasteiger partial charge on any atom is -0.334 e. The molecule has 6 nitrogen and oxygen atoms in total. The molecule has 0 aliphatic carbocycles. The van der Waals surface area contributed by atoms with Crippen molar-refractivity contribution in [3.05, 3.63) is 0 Å². The molecule has 16 heavy (non-hydrogen) atoms. The van der Waals surface area contributed by atoms with Crippen LogP contribution in [0.4, 0.5) is 4.79 Å². The Kier molecular flexibility index (Phi) is 11.7. The van der Waals surface area contributed by atoms with Crippen molar-refractivity contribution in [2.24, 2.45) is 5.73 Å². The van der Waals surface area contributed by atoms with Gasteiger partial charge in [-0.2, -0.15) is 8.42 Å². The third-order valence-corrected chi connectivity index (χ3v) is 2.02. The van der Waals surface area contributed by atoms with Gasteiger partial charge in [-0.3, -0.25) is 4.55 Å². The van der Waals surface area contributed by atoms with E-state index < -0.39 is 16.5 Å². The first-order valence-corrected chi connectivity index (χ1v) is 6.66. The molecule has 7 heteroatoms. The van der Waals surface area contributed by atoms with Crippen LogP contribution < -0.4 is 5.73 Å². The summed E-state index contributed by atoms with van der Waals surface area (Å²) in [5.74, 6) is 0. The van der Waals surface area contributed by atoms with Crippen LogP contribution in [0.25, 0.3) is 0 Å². The van der Waals surface area contributed by atoms with Crippen LogP contribution in [0.5, 0.6) is 0 Å². The zero-order valence-electron chi connectivity index (χ0n) is 9.81. The van der Waals surface area contributed by atoms with Crippen molar-refractivity contribution in [3.8, 4) is 0 Å². The normalized spacial score (nSPS) is 10.2. The number of hydrogen-bond acceptors (Lipinski definition) is 4. The van der Waals surface area contributed by atoms with Gasteiger partial charge >= 0.3 is 16.5 Å². The molecule has 0 radical (unpaired) electrons. The van der Waals surface area contributed by atoms with E-state index in [0.717, 1.165) is 0 Å². The highest BCUT2D eigenvalue weighted by atomic mass is 32.3. The van der Waals surface area contributed by atoms with Gasteiger partial charge in [0.25, 0.3) is 0 Å². The van der Waals surface area contributed by atoms with Gasteiger partial charge in [-0.15, -0.1) is 0 Å². The molecule has 0 saturated carbocycles. The fourth-order valence-electron chi connectivity index (χ4n) is 0.957. The van der Waals surface area contributed by atoms with Crippen LogP contribution >= 0.6 is 0 Å². The Bertz CT molecular complexity index is 257. The maximum absolute atomic E-state index is 9.48. The van der Waals surface area contributed by atoms with E-state index in [0.29, 0.717) is 0 Å². The van der Waals surface area contributed by atoms with Crippen molar-refractivity contribution in [1.82, 2.24) is 0 Å². The van der Waals surface area contributed by atoms with Crippen LogP contribution in [0.1, 0.15) is 52.4 Å². The average Bonchev–Trinajstić information content (AvgIpc) is 2.09. The molecule has 0 heterocycles. The third-order valence-electron chi connectivity index (χ3n) is 1.64. The molecule has 0 unspecified atom stereocenters. The number of carbonyl (C=O) groups is 1. The molecule has 0 saturated heterocycles. The smallest absolute Gasteiger partial charge is 0.334 e. The van der Waals surface area contributed by atoms with Crippen molar-refractivity contribution >= 4 is 16.5 Å². The summed E-state index contributed by atoms with van der Waals surface area (Å²) in [7, 11) is -4.70. The second-order valence-corrected chi connectivity index (χ2v) is 4.27. The number of rotatable bonds is 6. The van der Waals surface area contributed by atoms with E-state index in [-0.39, 0.29) is 0 Å². The summed E-state index contributed by atoms with van der Waals surface area (Å²) >= 11 is 0. The molecule has 0 aliphatic heterocycles. The summed E-state index contributed by atoms with van der Waals surface area (Å²) in [6.07, 6.45) is 6.93. The third kappa shape index (κ3) is 23.2. The van der Waals surface area contributed by atoms with Crippen LogP contribution in [0.2, 0.25) is 0 Å². The predicted molar refractivity (Wildman–Crippen MR) is 61.3 cm³/mol. The molecule has 0 aromatic rings. The molecule has 0 spiro atoms. The van der Waals surface area contributed by atoms with Crippen molar-refractivity contribution < 1.29 is 21.9 Å². The summed E-state index contributed by atoms with van der Waals surface area (Å²) < 4.78 is 29.7. The second-order valence-electron chi connectivity index (χ2n) is 3.24. The number of amides is 1. The number of primary amides is 1. The van der Waals surface area contributed by atoms with Gasteiger partial charge in [-0.1, -0.05) is 52.4 Å². The molecule has 0 aromatic carbocycles. The van der Waals surface area contributed by atoms with Gasteiger partial charge in [0, 0.05) is 0 Å². The lowest BCUT2D eigenvalue weighted by molar-refractivity contribution is 0.206. The molecule has 0 rings (SSSR count). The number of carbonyl (C=O) groups excluding carboxylic acids is 1. The number of unbranched alkanes of at least 4 members (excludes halogenated alkanes) is 5. The maximum Gasteiger partial charge on any atom is 0.450 e. The van der Waals surface area contributed by atoms with E-state index in [2.05, 4.69) is 23.8 Å². The van der Waals surface area contributed by atoms with E-state index in [4.69, 9.17) is 4.55 Å². The van der Waals surface area contributed by atoms with E-state index in [1.54, 1.807) is 0 Å². The lowest BCUT2D eigenvalue weighted by Gasteiger charge is -1.93. The monoisotopic (exact) mass is 255 g/mol. The Balaban J connectivity index is 0. The first-order chi connectivity index (χ1) is 7.33. The van der Waals surface area contributed by atoms with Crippen LogP contribution in [0, 0.1) is 0 Å². The zero-order valence-corrected chi connectivity index (χ0v) is 10.6. The van der Waals surface area contributed by atoms with Gasteiger partial charge in [0.05, 0.1) is 0 Å². The Morgan fingerprint density at radius 1 is 1.12 bits per heavy atom. The SMILES string of the molecule is CCCCCCCC.NC(=O)OS(=O)(=O)O. The average molecular weight is 255 g/mol. The summed E-state index contributed by atoms with van der Waals surface area (Å²) in [4.78, 5) is 9.48. The molecule has 0 bridgehead atoms. The van der Waals surface area contributed by atoms with Crippen molar-refractivity contribution in [2.45, 2.75) is 52.4 Å². The van der Waals surface area contributed by atoms with Gasteiger partial charge < -0.3 is 9.92 Å². The van der Waals surface area contributed by atoms with Crippen LogP contribution in [0.3, 0.4) is 0 Å². The second kappa shape index (κ2) is 10.7. The highest BCUT2D eigenvalue weighted by Crippen LogP contribution is 2.03. The minimum atomic E-state index is -4.70. The van der Waals surface area contributed by atoms with E-state index in [9.17, 15) is 13.2 Å². The van der Waals surface area contributed by atoms with Crippen molar-refractivity contribution in [3.63, 3.8) is 0 Å². The van der Waals surface area contributed by atoms with Gasteiger partial charge in [-0.25, -0.2) is 4.79 Å². The highest BCUT2D eigenvalue weighted by molar-refractivity contribution is 7.81. The molecule has 0 aromatic heterocycles. The molecular weight excluding hydrogens is 234 g/mol. The first kappa shape index (κ1) is 17.6. The molecule has 98 valence electrons. The minimum absolute atomic E-state index is 1.36. The molecule has 0 fully saturated rings. The van der Waals surface area contributed by atoms with Gasteiger partial charge in [0.15, 0.2) is 0 Å². The number of nitrogens with two attached hydrogens (primary N) is 1. The lowest BCUT2D eigenvalue weighted by atomic mass is 10.1. The number of hydrogen-bond donors (Lipinski definition) is 2. The topological polar surface area (TPSA) is 107 Å². The van der Waals surface area contributed by atoms with Crippen molar-refractivity contribution in [1.29, 1.82) is 0 Å². The maximum atomic E-state index is 9.48. The predicted octanol–water partition coefficient (Wildman–Crippen LogP) is 2.25. The quantitative estimate of drug-likeness (QED) is 0.559. The fraction of sp³-hybridized carbons (Fsp3) is 0.889. The Hall–Kier alpha value is -0.820. The van der Waals surface area contributed by atoms with Crippen LogP contribution in [0.15, 0.2) is 0 Å².